The quantitative estimate of drug-likeness (QED) is 0.909. The molecule has 3 rings (SSSR count). The number of aromatic amines is 1. The largest absolute Gasteiger partial charge is 0.361 e. The molecule has 0 spiro atoms. The molecule has 1 saturated heterocycles. The van der Waals surface area contributed by atoms with E-state index in [0.717, 1.165) is 42.4 Å². The molecule has 122 valence electrons. The first kappa shape index (κ1) is 15.6. The minimum Gasteiger partial charge on any atom is -0.361 e. The predicted octanol–water partition coefficient (Wildman–Crippen LogP) is 2.23. The number of para-hydroxylation sites is 1. The Kier molecular flexibility index (Phi) is 4.65. The van der Waals surface area contributed by atoms with Crippen LogP contribution < -0.4 is 5.32 Å². The fourth-order valence-corrected chi connectivity index (χ4v) is 3.16. The second kappa shape index (κ2) is 6.86. The molecule has 0 radical (unpaired) electrons. The molecule has 1 aliphatic heterocycles. The average molecular weight is 313 g/mol. The zero-order valence-electron chi connectivity index (χ0n) is 13.5. The molecule has 5 nitrogen and oxygen atoms in total. The topological polar surface area (TPSA) is 65.2 Å². The van der Waals surface area contributed by atoms with Crippen molar-refractivity contribution in [3.8, 4) is 0 Å². The molecule has 1 aliphatic rings. The maximum absolute atomic E-state index is 12.5. The van der Waals surface area contributed by atoms with Gasteiger partial charge in [0.1, 0.15) is 0 Å². The van der Waals surface area contributed by atoms with Gasteiger partial charge in [-0.2, -0.15) is 0 Å². The monoisotopic (exact) mass is 313 g/mol. The van der Waals surface area contributed by atoms with Gasteiger partial charge in [0.15, 0.2) is 0 Å². The van der Waals surface area contributed by atoms with Crippen LogP contribution >= 0.6 is 0 Å². The highest BCUT2D eigenvalue weighted by Crippen LogP contribution is 2.20. The molecule has 2 N–H and O–H groups in total. The highest BCUT2D eigenvalue weighted by atomic mass is 16.2. The lowest BCUT2D eigenvalue weighted by Gasteiger charge is -2.32. The molecule has 0 saturated carbocycles. The first-order valence-corrected chi connectivity index (χ1v) is 8.29. The summed E-state index contributed by atoms with van der Waals surface area (Å²) in [7, 11) is 0. The number of amides is 2. The van der Waals surface area contributed by atoms with Gasteiger partial charge < -0.3 is 15.2 Å². The minimum atomic E-state index is 0.0913. The lowest BCUT2D eigenvalue weighted by atomic mass is 10.0. The molecule has 2 aromatic rings. The van der Waals surface area contributed by atoms with Crippen molar-refractivity contribution in [1.82, 2.24) is 15.2 Å². The minimum absolute atomic E-state index is 0.0913. The van der Waals surface area contributed by atoms with Gasteiger partial charge in [-0.1, -0.05) is 25.1 Å². The van der Waals surface area contributed by atoms with Crippen LogP contribution in [-0.2, 0) is 16.0 Å². The molecule has 1 fully saturated rings. The van der Waals surface area contributed by atoms with Crippen LogP contribution in [0, 0.1) is 0 Å². The number of H-pyrrole nitrogens is 1. The van der Waals surface area contributed by atoms with Gasteiger partial charge >= 0.3 is 0 Å². The fourth-order valence-electron chi connectivity index (χ4n) is 3.16. The van der Waals surface area contributed by atoms with Gasteiger partial charge in [-0.15, -0.1) is 0 Å². The van der Waals surface area contributed by atoms with Gasteiger partial charge in [0.25, 0.3) is 0 Å². The molecule has 0 aliphatic carbocycles. The maximum Gasteiger partial charge on any atom is 0.227 e. The van der Waals surface area contributed by atoms with E-state index in [4.69, 9.17) is 0 Å². The van der Waals surface area contributed by atoms with Crippen molar-refractivity contribution in [2.45, 2.75) is 38.6 Å². The second-order valence-electron chi connectivity index (χ2n) is 6.11. The Morgan fingerprint density at radius 1 is 1.26 bits per heavy atom. The Morgan fingerprint density at radius 3 is 2.74 bits per heavy atom. The molecular weight excluding hydrogens is 290 g/mol. The molecule has 1 aromatic carbocycles. The van der Waals surface area contributed by atoms with Gasteiger partial charge in [-0.3, -0.25) is 9.59 Å². The van der Waals surface area contributed by atoms with Crippen molar-refractivity contribution >= 4 is 22.7 Å². The van der Waals surface area contributed by atoms with E-state index in [1.54, 1.807) is 0 Å². The smallest absolute Gasteiger partial charge is 0.227 e. The van der Waals surface area contributed by atoms with Crippen molar-refractivity contribution in [2.75, 3.05) is 13.1 Å². The van der Waals surface area contributed by atoms with Gasteiger partial charge in [0.05, 0.1) is 6.42 Å². The van der Waals surface area contributed by atoms with E-state index in [-0.39, 0.29) is 17.9 Å². The van der Waals surface area contributed by atoms with Gasteiger partial charge in [0, 0.05) is 42.7 Å². The number of fused-ring (bicyclic) bond motifs is 1. The number of nitrogens with zero attached hydrogens (tertiary/aromatic N) is 1. The van der Waals surface area contributed by atoms with Gasteiger partial charge in [0.2, 0.25) is 11.8 Å². The number of aromatic nitrogens is 1. The first-order chi connectivity index (χ1) is 11.2. The summed E-state index contributed by atoms with van der Waals surface area (Å²) in [6.45, 7) is 3.29. The van der Waals surface area contributed by atoms with E-state index in [1.165, 1.54) is 0 Å². The molecule has 23 heavy (non-hydrogen) atoms. The first-order valence-electron chi connectivity index (χ1n) is 8.29. The predicted molar refractivity (Wildman–Crippen MR) is 90.0 cm³/mol. The molecule has 5 heteroatoms. The SMILES string of the molecule is CCC(=O)NC1CCN(C(=O)Cc2c[nH]c3ccccc23)CC1. The van der Waals surface area contributed by atoms with E-state index in [2.05, 4.69) is 10.3 Å². The maximum atomic E-state index is 12.5. The van der Waals surface area contributed by atoms with Gasteiger partial charge in [-0.25, -0.2) is 0 Å². The lowest BCUT2D eigenvalue weighted by Crippen LogP contribution is -2.46. The summed E-state index contributed by atoms with van der Waals surface area (Å²) in [5.74, 6) is 0.253. The number of piperidine rings is 1. The summed E-state index contributed by atoms with van der Waals surface area (Å²) in [5.41, 5.74) is 2.11. The summed E-state index contributed by atoms with van der Waals surface area (Å²) < 4.78 is 0. The van der Waals surface area contributed by atoms with Crippen LogP contribution in [0.3, 0.4) is 0 Å². The molecule has 0 bridgehead atoms. The van der Waals surface area contributed by atoms with E-state index in [9.17, 15) is 9.59 Å². The average Bonchev–Trinajstić information content (AvgIpc) is 2.98. The highest BCUT2D eigenvalue weighted by Gasteiger charge is 2.24. The number of likely N-dealkylation sites (tertiary alicyclic amines) is 1. The lowest BCUT2D eigenvalue weighted by molar-refractivity contribution is -0.131. The van der Waals surface area contributed by atoms with Crippen LogP contribution in [0.4, 0.5) is 0 Å². The molecule has 2 amide bonds. The van der Waals surface area contributed by atoms with Crippen molar-refractivity contribution in [3.63, 3.8) is 0 Å². The Labute approximate surface area is 136 Å². The van der Waals surface area contributed by atoms with Crippen molar-refractivity contribution in [2.24, 2.45) is 0 Å². The Bertz CT molecular complexity index is 699. The van der Waals surface area contributed by atoms with E-state index in [0.29, 0.717) is 12.8 Å². The van der Waals surface area contributed by atoms with Crippen LogP contribution in [0.25, 0.3) is 10.9 Å². The fraction of sp³-hybridized carbons (Fsp3) is 0.444. The number of carbonyl (C=O) groups is 2. The Morgan fingerprint density at radius 2 is 2.00 bits per heavy atom. The number of benzene rings is 1. The second-order valence-corrected chi connectivity index (χ2v) is 6.11. The van der Waals surface area contributed by atoms with Crippen LogP contribution in [0.15, 0.2) is 30.5 Å². The number of carbonyl (C=O) groups excluding carboxylic acids is 2. The number of nitrogens with one attached hydrogen (secondary N) is 2. The van der Waals surface area contributed by atoms with E-state index in [1.807, 2.05) is 42.3 Å². The summed E-state index contributed by atoms with van der Waals surface area (Å²) in [4.78, 5) is 29.1. The van der Waals surface area contributed by atoms with Gasteiger partial charge in [-0.05, 0) is 24.5 Å². The third-order valence-corrected chi connectivity index (χ3v) is 4.55. The molecule has 2 heterocycles. The standard InChI is InChI=1S/C18H23N3O2/c1-2-17(22)20-14-7-9-21(10-8-14)18(23)11-13-12-19-16-6-4-3-5-15(13)16/h3-6,12,14,19H,2,7-11H2,1H3,(H,20,22). The molecule has 1 aromatic heterocycles. The summed E-state index contributed by atoms with van der Waals surface area (Å²) in [6, 6.07) is 8.25. The van der Waals surface area contributed by atoms with Crippen molar-refractivity contribution < 1.29 is 9.59 Å². The van der Waals surface area contributed by atoms with Crippen molar-refractivity contribution in [1.29, 1.82) is 0 Å². The third-order valence-electron chi connectivity index (χ3n) is 4.55. The zero-order chi connectivity index (χ0) is 16.2. The Balaban J connectivity index is 1.57. The number of rotatable bonds is 4. The number of hydrogen-bond acceptors (Lipinski definition) is 2. The number of hydrogen-bond donors (Lipinski definition) is 2. The van der Waals surface area contributed by atoms with E-state index < -0.39 is 0 Å². The highest BCUT2D eigenvalue weighted by molar-refractivity contribution is 5.88. The third kappa shape index (κ3) is 3.55. The van der Waals surface area contributed by atoms with Crippen LogP contribution in [0.5, 0.6) is 0 Å². The molecular formula is C18H23N3O2. The summed E-state index contributed by atoms with van der Waals surface area (Å²) >= 11 is 0. The Hall–Kier alpha value is -2.30. The van der Waals surface area contributed by atoms with Crippen LogP contribution in [0.1, 0.15) is 31.7 Å². The molecule has 0 atom stereocenters. The van der Waals surface area contributed by atoms with Crippen molar-refractivity contribution in [3.05, 3.63) is 36.0 Å². The summed E-state index contributed by atoms with van der Waals surface area (Å²) in [5, 5.41) is 4.13. The molecule has 0 unspecified atom stereocenters. The summed E-state index contributed by atoms with van der Waals surface area (Å²) in [6.07, 6.45) is 4.54. The zero-order valence-corrected chi connectivity index (χ0v) is 13.5. The normalized spacial score (nSPS) is 15.8. The van der Waals surface area contributed by atoms with Crippen LogP contribution in [-0.4, -0.2) is 40.8 Å². The van der Waals surface area contributed by atoms with E-state index >= 15 is 0 Å². The van der Waals surface area contributed by atoms with Crippen LogP contribution in [0.2, 0.25) is 0 Å².